The molecule has 0 aliphatic carbocycles. The number of pyridine rings is 1. The van der Waals surface area contributed by atoms with Crippen LogP contribution in [-0.4, -0.2) is 15.7 Å². The first-order valence-corrected chi connectivity index (χ1v) is 8.44. The number of hydrogen-bond donors (Lipinski definition) is 0. The summed E-state index contributed by atoms with van der Waals surface area (Å²) in [7, 11) is 0. The first kappa shape index (κ1) is 16.6. The number of hydrogen-bond acceptors (Lipinski definition) is 3. The summed E-state index contributed by atoms with van der Waals surface area (Å²) < 4.78 is 43.5. The zero-order chi connectivity index (χ0) is 19.5. The molecule has 5 aromatic rings. The van der Waals surface area contributed by atoms with Crippen LogP contribution < -0.4 is 10.3 Å². The Labute approximate surface area is 155 Å². The van der Waals surface area contributed by atoms with E-state index in [-0.39, 0.29) is 11.3 Å². The average Bonchev–Trinajstić information content (AvgIpc) is 2.67. The summed E-state index contributed by atoms with van der Waals surface area (Å²) in [6.07, 6.45) is -4.79. The molecule has 2 aromatic heterocycles. The Bertz CT molecular complexity index is 1460. The number of halogens is 3. The van der Waals surface area contributed by atoms with E-state index in [2.05, 4.69) is 9.72 Å². The summed E-state index contributed by atoms with van der Waals surface area (Å²) in [6, 6.07) is 18.1. The Balaban J connectivity index is 2.00. The maximum Gasteiger partial charge on any atom is 0.573 e. The molecule has 0 saturated heterocycles. The van der Waals surface area contributed by atoms with E-state index in [1.165, 1.54) is 22.6 Å². The van der Waals surface area contributed by atoms with Crippen molar-refractivity contribution in [1.29, 1.82) is 0 Å². The van der Waals surface area contributed by atoms with Crippen molar-refractivity contribution < 1.29 is 17.9 Å². The van der Waals surface area contributed by atoms with Crippen LogP contribution in [0.15, 0.2) is 71.5 Å². The number of nitrogens with zero attached hydrogens (tertiary/aromatic N) is 2. The smallest absolute Gasteiger partial charge is 0.406 e. The van der Waals surface area contributed by atoms with Crippen molar-refractivity contribution in [1.82, 2.24) is 9.38 Å². The van der Waals surface area contributed by atoms with E-state index < -0.39 is 6.36 Å². The fourth-order valence-electron chi connectivity index (χ4n) is 3.57. The molecular weight excluding hydrogens is 369 g/mol. The van der Waals surface area contributed by atoms with Gasteiger partial charge in [-0.1, -0.05) is 30.3 Å². The van der Waals surface area contributed by atoms with Gasteiger partial charge in [0.05, 0.1) is 16.4 Å². The molecule has 0 aliphatic heterocycles. The zero-order valence-corrected chi connectivity index (χ0v) is 14.2. The third-order valence-electron chi connectivity index (χ3n) is 4.68. The van der Waals surface area contributed by atoms with Crippen LogP contribution >= 0.6 is 0 Å². The standard InChI is InChI=1S/C21H11F3N2O2/c22-21(23,24)28-12-9-10-14-16(11-12)13-5-2-4-8-18(13)26-19(14)25-17-7-3-1-6-15(17)20(26)27/h1-11H. The van der Waals surface area contributed by atoms with Crippen LogP contribution in [0.3, 0.4) is 0 Å². The number of alkyl halides is 3. The lowest BCUT2D eigenvalue weighted by molar-refractivity contribution is -0.274. The Hall–Kier alpha value is -3.61. The summed E-state index contributed by atoms with van der Waals surface area (Å²) in [4.78, 5) is 17.8. The predicted octanol–water partition coefficient (Wildman–Crippen LogP) is 5.05. The maximum absolute atomic E-state index is 13.1. The van der Waals surface area contributed by atoms with Gasteiger partial charge in [0.2, 0.25) is 0 Å². The molecule has 0 spiro atoms. The molecule has 7 heteroatoms. The highest BCUT2D eigenvalue weighted by molar-refractivity contribution is 6.12. The summed E-state index contributed by atoms with van der Waals surface area (Å²) >= 11 is 0. The Morgan fingerprint density at radius 1 is 0.821 bits per heavy atom. The predicted molar refractivity (Wildman–Crippen MR) is 101 cm³/mol. The number of aromatic nitrogens is 2. The summed E-state index contributed by atoms with van der Waals surface area (Å²) in [5, 5.41) is 2.20. The van der Waals surface area contributed by atoms with E-state index in [4.69, 9.17) is 0 Å². The number of para-hydroxylation sites is 2. The second-order valence-electron chi connectivity index (χ2n) is 6.37. The fourth-order valence-corrected chi connectivity index (χ4v) is 3.57. The van der Waals surface area contributed by atoms with Gasteiger partial charge in [-0.05, 0) is 41.8 Å². The number of fused-ring (bicyclic) bond motifs is 7. The second kappa shape index (κ2) is 5.69. The third-order valence-corrected chi connectivity index (χ3v) is 4.68. The van der Waals surface area contributed by atoms with Crippen LogP contribution in [0.25, 0.3) is 38.2 Å². The molecule has 138 valence electrons. The third kappa shape index (κ3) is 2.47. The number of rotatable bonds is 1. The fraction of sp³-hybridized carbons (Fsp3) is 0.0476. The minimum atomic E-state index is -4.79. The van der Waals surface area contributed by atoms with Crippen molar-refractivity contribution in [3.8, 4) is 5.75 Å². The summed E-state index contributed by atoms with van der Waals surface area (Å²) in [5.41, 5.74) is 1.25. The highest BCUT2D eigenvalue weighted by Gasteiger charge is 2.31. The van der Waals surface area contributed by atoms with Gasteiger partial charge in [0.15, 0.2) is 0 Å². The van der Waals surface area contributed by atoms with Crippen molar-refractivity contribution in [2.75, 3.05) is 0 Å². The summed E-state index contributed by atoms with van der Waals surface area (Å²) in [6.45, 7) is 0. The molecule has 0 atom stereocenters. The van der Waals surface area contributed by atoms with Crippen LogP contribution in [0.2, 0.25) is 0 Å². The topological polar surface area (TPSA) is 43.6 Å². The monoisotopic (exact) mass is 380 g/mol. The van der Waals surface area contributed by atoms with Crippen LogP contribution in [0.5, 0.6) is 5.75 Å². The molecule has 0 amide bonds. The zero-order valence-electron chi connectivity index (χ0n) is 14.2. The minimum absolute atomic E-state index is 0.227. The second-order valence-corrected chi connectivity index (χ2v) is 6.37. The van der Waals surface area contributed by atoms with E-state index in [0.717, 1.165) is 0 Å². The van der Waals surface area contributed by atoms with Gasteiger partial charge in [0.25, 0.3) is 5.56 Å². The first-order valence-electron chi connectivity index (χ1n) is 8.44. The Morgan fingerprint density at radius 2 is 1.54 bits per heavy atom. The van der Waals surface area contributed by atoms with E-state index in [0.29, 0.717) is 38.2 Å². The van der Waals surface area contributed by atoms with Gasteiger partial charge < -0.3 is 4.74 Å². The molecule has 5 rings (SSSR count). The molecule has 0 bridgehead atoms. The van der Waals surface area contributed by atoms with Gasteiger partial charge in [0.1, 0.15) is 11.4 Å². The Morgan fingerprint density at radius 3 is 2.32 bits per heavy atom. The van der Waals surface area contributed by atoms with Crippen molar-refractivity contribution in [2.24, 2.45) is 0 Å². The molecule has 3 aromatic carbocycles. The van der Waals surface area contributed by atoms with E-state index in [1.54, 1.807) is 48.5 Å². The molecule has 0 aliphatic rings. The largest absolute Gasteiger partial charge is 0.573 e. The van der Waals surface area contributed by atoms with Crippen LogP contribution in [-0.2, 0) is 0 Å². The Kier molecular flexibility index (Phi) is 3.37. The molecule has 0 fully saturated rings. The SMILES string of the molecule is O=c1c2ccccc2nc2c3ccc(OC(F)(F)F)cc3c3ccccc3n12. The lowest BCUT2D eigenvalue weighted by Gasteiger charge is -2.14. The van der Waals surface area contributed by atoms with Gasteiger partial charge in [0, 0.05) is 10.8 Å². The van der Waals surface area contributed by atoms with E-state index in [9.17, 15) is 18.0 Å². The molecule has 0 saturated carbocycles. The van der Waals surface area contributed by atoms with Gasteiger partial charge in [-0.15, -0.1) is 13.2 Å². The van der Waals surface area contributed by atoms with Gasteiger partial charge >= 0.3 is 6.36 Å². The van der Waals surface area contributed by atoms with Crippen LogP contribution in [0.1, 0.15) is 0 Å². The van der Waals surface area contributed by atoms with Gasteiger partial charge in [-0.3, -0.25) is 9.20 Å². The van der Waals surface area contributed by atoms with Crippen LogP contribution in [0, 0.1) is 0 Å². The average molecular weight is 380 g/mol. The van der Waals surface area contributed by atoms with Crippen LogP contribution in [0.4, 0.5) is 13.2 Å². The molecular formula is C21H11F3N2O2. The highest BCUT2D eigenvalue weighted by atomic mass is 19.4. The molecule has 28 heavy (non-hydrogen) atoms. The lowest BCUT2D eigenvalue weighted by atomic mass is 10.0. The number of benzene rings is 3. The molecule has 0 N–H and O–H groups in total. The van der Waals surface area contributed by atoms with Crippen molar-refractivity contribution >= 4 is 38.2 Å². The lowest BCUT2D eigenvalue weighted by Crippen LogP contribution is -2.17. The van der Waals surface area contributed by atoms with Crippen molar-refractivity contribution in [3.05, 3.63) is 77.1 Å². The number of ether oxygens (including phenoxy) is 1. The quantitative estimate of drug-likeness (QED) is 0.302. The minimum Gasteiger partial charge on any atom is -0.406 e. The van der Waals surface area contributed by atoms with E-state index in [1.807, 2.05) is 0 Å². The summed E-state index contributed by atoms with van der Waals surface area (Å²) in [5.74, 6) is -0.322. The molecule has 0 unspecified atom stereocenters. The normalized spacial score (nSPS) is 12.2. The highest BCUT2D eigenvalue weighted by Crippen LogP contribution is 2.33. The van der Waals surface area contributed by atoms with Gasteiger partial charge in [-0.2, -0.15) is 0 Å². The molecule has 2 heterocycles. The van der Waals surface area contributed by atoms with Gasteiger partial charge in [-0.25, -0.2) is 4.98 Å². The van der Waals surface area contributed by atoms with Crippen molar-refractivity contribution in [2.45, 2.75) is 6.36 Å². The maximum atomic E-state index is 13.1. The van der Waals surface area contributed by atoms with E-state index >= 15 is 0 Å². The molecule has 0 radical (unpaired) electrons. The first-order chi connectivity index (χ1) is 13.4. The van der Waals surface area contributed by atoms with Crippen molar-refractivity contribution in [3.63, 3.8) is 0 Å². The molecule has 4 nitrogen and oxygen atoms in total.